The van der Waals surface area contributed by atoms with Crippen LogP contribution in [-0.4, -0.2) is 96.7 Å². The van der Waals surface area contributed by atoms with Crippen molar-refractivity contribution in [1.82, 2.24) is 34.0 Å². The number of alkyl halides is 3. The highest BCUT2D eigenvalue weighted by Crippen LogP contribution is 2.39. The minimum atomic E-state index is -4.50. The molecule has 0 unspecified atom stereocenters. The lowest BCUT2D eigenvalue weighted by Crippen LogP contribution is -2.51. The van der Waals surface area contributed by atoms with Crippen molar-refractivity contribution >= 4 is 58.3 Å². The van der Waals surface area contributed by atoms with E-state index in [-0.39, 0.29) is 94.6 Å². The average Bonchev–Trinajstić information content (AvgIpc) is 3.47. The third-order valence-corrected chi connectivity index (χ3v) is 8.42. The number of carbonyl (C=O) groups is 2. The van der Waals surface area contributed by atoms with Crippen molar-refractivity contribution in [3.63, 3.8) is 0 Å². The number of aryl methyl sites for hydroxylation is 1. The van der Waals surface area contributed by atoms with E-state index in [9.17, 15) is 32.7 Å². The Hall–Kier alpha value is -4.58. The molecular formula is C28H30ClF3N10O4S. The van der Waals surface area contributed by atoms with E-state index in [1.165, 1.54) is 23.4 Å². The summed E-state index contributed by atoms with van der Waals surface area (Å²) in [6.07, 6.45) is 1.52. The fraction of sp³-hybridized carbons (Fsp3) is 0.393. The number of thioether (sulfide) groups is 1. The van der Waals surface area contributed by atoms with Gasteiger partial charge in [-0.2, -0.15) is 22.7 Å². The monoisotopic (exact) mass is 694 g/mol. The van der Waals surface area contributed by atoms with Crippen LogP contribution in [0.4, 0.5) is 30.5 Å². The molecule has 4 heterocycles. The van der Waals surface area contributed by atoms with Gasteiger partial charge in [-0.25, -0.2) is 9.97 Å². The van der Waals surface area contributed by atoms with E-state index < -0.39 is 22.9 Å². The number of rotatable bonds is 8. The first kappa shape index (κ1) is 33.8. The molecule has 1 fully saturated rings. The van der Waals surface area contributed by atoms with Crippen molar-refractivity contribution in [3.05, 3.63) is 57.0 Å². The number of aromatic nitrogens is 6. The van der Waals surface area contributed by atoms with Gasteiger partial charge in [-0.15, -0.1) is 5.10 Å². The highest BCUT2D eigenvalue weighted by Gasteiger charge is 2.31. The highest BCUT2D eigenvalue weighted by molar-refractivity contribution is 8.00. The first-order valence-corrected chi connectivity index (χ1v) is 15.5. The number of hydrogen-bond donors (Lipinski definition) is 2. The summed E-state index contributed by atoms with van der Waals surface area (Å²) in [6.45, 7) is 3.99. The smallest absolute Gasteiger partial charge is 0.446 e. The van der Waals surface area contributed by atoms with E-state index in [2.05, 4.69) is 25.4 Å². The standard InChI is InChI=1S/C28H30ClF3N10O4S/c1-5-19-22(39-8-10-40(11-9-39)24(45)21-23(44)15(2)33-14-34-21)25(46)42-27(36-26(37-42)38(3)4)41(19)13-20(43)35-18-7-6-16(12-17(18)29)47-28(30,31)32/h6-7,12,14,44H,5,8-11,13H2,1-4H3,(H,35,43). The zero-order valence-electron chi connectivity index (χ0n) is 25.7. The molecule has 0 radical (unpaired) electrons. The number of nitrogens with one attached hydrogen (secondary N) is 1. The fourth-order valence-corrected chi connectivity index (χ4v) is 6.01. The topological polar surface area (TPSA) is 154 Å². The molecule has 0 saturated carbocycles. The molecule has 5 rings (SSSR count). The fourth-order valence-electron chi connectivity index (χ4n) is 5.14. The summed E-state index contributed by atoms with van der Waals surface area (Å²) in [6, 6.07) is 3.60. The molecule has 2 amide bonds. The summed E-state index contributed by atoms with van der Waals surface area (Å²) in [4.78, 5) is 57.6. The summed E-state index contributed by atoms with van der Waals surface area (Å²) in [7, 11) is 3.40. The van der Waals surface area contributed by atoms with Crippen LogP contribution in [0.2, 0.25) is 5.02 Å². The largest absolute Gasteiger partial charge is 0.504 e. The number of nitrogens with zero attached hydrogens (tertiary/aromatic N) is 9. The van der Waals surface area contributed by atoms with Gasteiger partial charge in [0.1, 0.15) is 18.6 Å². The van der Waals surface area contributed by atoms with Crippen LogP contribution in [0.1, 0.15) is 28.8 Å². The maximum atomic E-state index is 13.9. The highest BCUT2D eigenvalue weighted by atomic mass is 35.5. The molecule has 1 saturated heterocycles. The lowest BCUT2D eigenvalue weighted by Gasteiger charge is -2.36. The molecular weight excluding hydrogens is 665 g/mol. The van der Waals surface area contributed by atoms with Crippen molar-refractivity contribution in [3.8, 4) is 5.75 Å². The SMILES string of the molecule is CCc1c(N2CCN(C(=O)c3ncnc(C)c3O)CC2)c(=O)n2nc(N(C)C)nc2n1CC(=O)Nc1ccc(SC(F)(F)F)cc1Cl. The lowest BCUT2D eigenvalue weighted by molar-refractivity contribution is -0.116. The van der Waals surface area contributed by atoms with Gasteiger partial charge in [0, 0.05) is 45.2 Å². The molecule has 250 valence electrons. The van der Waals surface area contributed by atoms with Gasteiger partial charge in [0.05, 0.1) is 22.1 Å². The summed E-state index contributed by atoms with van der Waals surface area (Å²) >= 11 is 5.88. The number of carbonyl (C=O) groups excluding carboxylic acids is 2. The minimum Gasteiger partial charge on any atom is -0.504 e. The van der Waals surface area contributed by atoms with Crippen LogP contribution in [0.5, 0.6) is 5.75 Å². The molecule has 1 aliphatic heterocycles. The molecule has 0 aliphatic carbocycles. The van der Waals surface area contributed by atoms with E-state index in [0.717, 1.165) is 10.6 Å². The molecule has 19 heteroatoms. The van der Waals surface area contributed by atoms with Crippen LogP contribution in [0, 0.1) is 6.92 Å². The van der Waals surface area contributed by atoms with Crippen molar-refractivity contribution in [2.45, 2.75) is 37.2 Å². The molecule has 0 atom stereocenters. The molecule has 3 aromatic heterocycles. The van der Waals surface area contributed by atoms with Crippen molar-refractivity contribution in [2.75, 3.05) is 55.4 Å². The molecule has 0 spiro atoms. The number of aromatic hydroxyl groups is 1. The zero-order chi connectivity index (χ0) is 34.2. The first-order valence-electron chi connectivity index (χ1n) is 14.3. The van der Waals surface area contributed by atoms with E-state index >= 15 is 0 Å². The van der Waals surface area contributed by atoms with Crippen LogP contribution < -0.4 is 20.7 Å². The molecule has 14 nitrogen and oxygen atoms in total. The quantitative estimate of drug-likeness (QED) is 0.262. The van der Waals surface area contributed by atoms with Gasteiger partial charge in [0.25, 0.3) is 11.5 Å². The van der Waals surface area contributed by atoms with Gasteiger partial charge >= 0.3 is 5.51 Å². The van der Waals surface area contributed by atoms with Gasteiger partial charge in [0.2, 0.25) is 17.6 Å². The number of benzene rings is 1. The van der Waals surface area contributed by atoms with Crippen LogP contribution in [-0.2, 0) is 17.8 Å². The first-order chi connectivity index (χ1) is 22.2. The van der Waals surface area contributed by atoms with E-state index in [4.69, 9.17) is 11.6 Å². The summed E-state index contributed by atoms with van der Waals surface area (Å²) in [5, 5.41) is 17.2. The number of amides is 2. The van der Waals surface area contributed by atoms with Gasteiger partial charge in [-0.05, 0) is 43.3 Å². The Morgan fingerprint density at radius 1 is 1.15 bits per heavy atom. The normalized spacial score (nSPS) is 13.7. The van der Waals surface area contributed by atoms with Crippen LogP contribution >= 0.6 is 23.4 Å². The number of halogens is 4. The van der Waals surface area contributed by atoms with E-state index in [1.807, 2.05) is 11.8 Å². The maximum absolute atomic E-state index is 13.9. The van der Waals surface area contributed by atoms with Gasteiger partial charge in [0.15, 0.2) is 11.4 Å². The Morgan fingerprint density at radius 3 is 2.47 bits per heavy atom. The number of piperazine rings is 1. The summed E-state index contributed by atoms with van der Waals surface area (Å²) < 4.78 is 41.1. The second-order valence-electron chi connectivity index (χ2n) is 10.7. The second kappa shape index (κ2) is 13.3. The van der Waals surface area contributed by atoms with Crippen LogP contribution in [0.25, 0.3) is 5.78 Å². The Balaban J connectivity index is 1.45. The lowest BCUT2D eigenvalue weighted by atomic mass is 10.2. The van der Waals surface area contributed by atoms with E-state index in [1.54, 1.807) is 30.5 Å². The molecule has 1 aromatic carbocycles. The summed E-state index contributed by atoms with van der Waals surface area (Å²) in [5.41, 5.74) is -3.91. The third kappa shape index (κ3) is 7.07. The zero-order valence-corrected chi connectivity index (χ0v) is 27.2. The predicted octanol–water partition coefficient (Wildman–Crippen LogP) is 3.19. The minimum absolute atomic E-state index is 0.0794. The van der Waals surface area contributed by atoms with Crippen molar-refractivity contribution < 1.29 is 27.9 Å². The predicted molar refractivity (Wildman–Crippen MR) is 169 cm³/mol. The number of anilines is 3. The van der Waals surface area contributed by atoms with Gasteiger partial charge in [-0.1, -0.05) is 18.5 Å². The average molecular weight is 695 g/mol. The molecule has 47 heavy (non-hydrogen) atoms. The molecule has 4 aromatic rings. The van der Waals surface area contributed by atoms with Crippen LogP contribution in [0.15, 0.2) is 34.2 Å². The molecule has 0 bridgehead atoms. The van der Waals surface area contributed by atoms with Crippen molar-refractivity contribution in [1.29, 1.82) is 0 Å². The third-order valence-electron chi connectivity index (χ3n) is 7.39. The Morgan fingerprint density at radius 2 is 1.85 bits per heavy atom. The Bertz CT molecular complexity index is 1910. The maximum Gasteiger partial charge on any atom is 0.446 e. The Kier molecular flexibility index (Phi) is 9.53. The van der Waals surface area contributed by atoms with Crippen LogP contribution in [0.3, 0.4) is 0 Å². The van der Waals surface area contributed by atoms with Crippen molar-refractivity contribution in [2.24, 2.45) is 0 Å². The molecule has 1 aliphatic rings. The van der Waals surface area contributed by atoms with E-state index in [0.29, 0.717) is 12.1 Å². The number of hydrogen-bond acceptors (Lipinski definition) is 11. The number of fused-ring (bicyclic) bond motifs is 1. The van der Waals surface area contributed by atoms with Gasteiger partial charge < -0.3 is 29.7 Å². The van der Waals surface area contributed by atoms with Gasteiger partial charge in [-0.3, -0.25) is 14.4 Å². The summed E-state index contributed by atoms with van der Waals surface area (Å²) in [5.74, 6) is -0.991. The second-order valence-corrected chi connectivity index (χ2v) is 12.3. The Labute approximate surface area is 275 Å². The molecule has 2 N–H and O–H groups in total.